The van der Waals surface area contributed by atoms with Crippen LogP contribution in [0.4, 0.5) is 0 Å². The molecule has 0 bridgehead atoms. The van der Waals surface area contributed by atoms with E-state index in [4.69, 9.17) is 16.0 Å². The monoisotopic (exact) mass is 314 g/mol. The van der Waals surface area contributed by atoms with Gasteiger partial charge in [-0.3, -0.25) is 4.79 Å². The van der Waals surface area contributed by atoms with E-state index in [1.165, 1.54) is 6.39 Å². The fraction of sp³-hybridized carbons (Fsp3) is 0.176. The minimum atomic E-state index is -0.0131. The summed E-state index contributed by atoms with van der Waals surface area (Å²) in [5.74, 6) is -0.0131. The van der Waals surface area contributed by atoms with Gasteiger partial charge >= 0.3 is 0 Å². The highest BCUT2D eigenvalue weighted by Crippen LogP contribution is 2.14. The Morgan fingerprint density at radius 3 is 2.95 bits per heavy atom. The molecule has 0 radical (unpaired) electrons. The highest BCUT2D eigenvalue weighted by molar-refractivity contribution is 6.30. The molecular formula is C17H15ClN2O2. The number of oxazole rings is 1. The van der Waals surface area contributed by atoms with Gasteiger partial charge in [-0.25, -0.2) is 4.98 Å². The molecule has 0 aliphatic rings. The van der Waals surface area contributed by atoms with Crippen LogP contribution in [0.25, 0.3) is 11.1 Å². The predicted molar refractivity (Wildman–Crippen MR) is 85.9 cm³/mol. The number of carbonyl (C=O) groups excluding carboxylic acids is 1. The van der Waals surface area contributed by atoms with Crippen LogP contribution in [-0.2, 0) is 17.6 Å². The summed E-state index contributed by atoms with van der Waals surface area (Å²) in [7, 11) is 0. The third-order valence-electron chi connectivity index (χ3n) is 3.39. The number of nitrogens with zero attached hydrogens (tertiary/aromatic N) is 1. The molecule has 0 saturated heterocycles. The Balaban J connectivity index is 1.51. The molecule has 0 saturated carbocycles. The molecule has 4 nitrogen and oxygen atoms in total. The zero-order valence-electron chi connectivity index (χ0n) is 11.9. The minimum absolute atomic E-state index is 0.0131. The molecule has 1 N–H and O–H groups in total. The Morgan fingerprint density at radius 1 is 1.18 bits per heavy atom. The van der Waals surface area contributed by atoms with Crippen LogP contribution in [0.2, 0.25) is 5.02 Å². The van der Waals surface area contributed by atoms with E-state index >= 15 is 0 Å². The first-order valence-corrected chi connectivity index (χ1v) is 7.42. The number of hydrogen-bond donors (Lipinski definition) is 1. The van der Waals surface area contributed by atoms with Crippen LogP contribution in [0, 0.1) is 0 Å². The number of rotatable bonds is 5. The van der Waals surface area contributed by atoms with Crippen molar-refractivity contribution in [3.05, 3.63) is 65.0 Å². The number of nitrogens with one attached hydrogen (secondary N) is 1. The zero-order valence-corrected chi connectivity index (χ0v) is 12.6. The van der Waals surface area contributed by atoms with Gasteiger partial charge in [0.05, 0.1) is 6.42 Å². The van der Waals surface area contributed by atoms with E-state index in [9.17, 15) is 4.79 Å². The molecule has 22 heavy (non-hydrogen) atoms. The van der Waals surface area contributed by atoms with Gasteiger partial charge in [0.15, 0.2) is 12.0 Å². The number of amides is 1. The van der Waals surface area contributed by atoms with Gasteiger partial charge in [-0.05, 0) is 41.8 Å². The van der Waals surface area contributed by atoms with Gasteiger partial charge in [-0.1, -0.05) is 29.8 Å². The summed E-state index contributed by atoms with van der Waals surface area (Å²) in [5, 5.41) is 3.62. The first-order valence-electron chi connectivity index (χ1n) is 7.04. The fourth-order valence-electron chi connectivity index (χ4n) is 2.30. The summed E-state index contributed by atoms with van der Waals surface area (Å²) in [6.07, 6.45) is 2.49. The molecule has 3 aromatic rings. The molecule has 3 rings (SSSR count). The van der Waals surface area contributed by atoms with E-state index in [1.807, 2.05) is 42.5 Å². The number of aromatic nitrogens is 1. The van der Waals surface area contributed by atoms with E-state index < -0.39 is 0 Å². The molecular weight excluding hydrogens is 300 g/mol. The molecule has 1 aromatic heterocycles. The summed E-state index contributed by atoms with van der Waals surface area (Å²) < 4.78 is 5.23. The summed E-state index contributed by atoms with van der Waals surface area (Å²) in [4.78, 5) is 16.0. The van der Waals surface area contributed by atoms with E-state index in [0.29, 0.717) is 23.6 Å². The first-order chi connectivity index (χ1) is 10.7. The maximum atomic E-state index is 12.0. The van der Waals surface area contributed by atoms with Crippen molar-refractivity contribution in [2.75, 3.05) is 6.54 Å². The van der Waals surface area contributed by atoms with Crippen molar-refractivity contribution in [2.45, 2.75) is 12.8 Å². The number of hydrogen-bond acceptors (Lipinski definition) is 3. The topological polar surface area (TPSA) is 55.1 Å². The lowest BCUT2D eigenvalue weighted by Crippen LogP contribution is -2.27. The predicted octanol–water partition coefficient (Wildman–Crippen LogP) is 3.38. The van der Waals surface area contributed by atoms with Crippen LogP contribution in [0.15, 0.2) is 53.3 Å². The van der Waals surface area contributed by atoms with Crippen LogP contribution in [0.1, 0.15) is 11.1 Å². The van der Waals surface area contributed by atoms with Gasteiger partial charge in [-0.2, -0.15) is 0 Å². The van der Waals surface area contributed by atoms with Gasteiger partial charge in [0.1, 0.15) is 5.52 Å². The Kier molecular flexibility index (Phi) is 4.39. The van der Waals surface area contributed by atoms with Crippen molar-refractivity contribution in [1.82, 2.24) is 10.3 Å². The molecule has 0 aliphatic carbocycles. The van der Waals surface area contributed by atoms with Crippen molar-refractivity contribution in [3.8, 4) is 0 Å². The second kappa shape index (κ2) is 6.62. The third-order valence-corrected chi connectivity index (χ3v) is 3.62. The molecule has 0 spiro atoms. The van der Waals surface area contributed by atoms with Crippen LogP contribution in [-0.4, -0.2) is 17.4 Å². The van der Waals surface area contributed by atoms with Crippen LogP contribution in [0.5, 0.6) is 0 Å². The van der Waals surface area contributed by atoms with Crippen molar-refractivity contribution in [1.29, 1.82) is 0 Å². The maximum Gasteiger partial charge on any atom is 0.224 e. The number of carbonyl (C=O) groups is 1. The molecule has 1 heterocycles. The van der Waals surface area contributed by atoms with Gasteiger partial charge in [0.2, 0.25) is 5.91 Å². The van der Waals surface area contributed by atoms with E-state index in [0.717, 1.165) is 23.1 Å². The second-order valence-electron chi connectivity index (χ2n) is 5.06. The second-order valence-corrected chi connectivity index (χ2v) is 5.50. The molecule has 112 valence electrons. The van der Waals surface area contributed by atoms with Crippen molar-refractivity contribution in [3.63, 3.8) is 0 Å². The lowest BCUT2D eigenvalue weighted by atomic mass is 10.1. The van der Waals surface area contributed by atoms with Crippen LogP contribution >= 0.6 is 11.6 Å². The molecule has 2 aromatic carbocycles. The Hall–Kier alpha value is -2.33. The largest absolute Gasteiger partial charge is 0.443 e. The molecule has 0 fully saturated rings. The standard InChI is InChI=1S/C17H15ClN2O2/c18-14-3-1-2-12(8-14)6-7-19-17(21)10-13-4-5-15-16(9-13)22-11-20-15/h1-5,8-9,11H,6-7,10H2,(H,19,21). The normalized spacial score (nSPS) is 10.8. The van der Waals surface area contributed by atoms with Gasteiger partial charge in [0, 0.05) is 11.6 Å². The van der Waals surface area contributed by atoms with Gasteiger partial charge in [0.25, 0.3) is 0 Å². The number of benzene rings is 2. The van der Waals surface area contributed by atoms with Gasteiger partial charge < -0.3 is 9.73 Å². The Morgan fingerprint density at radius 2 is 2.09 bits per heavy atom. The van der Waals surface area contributed by atoms with Crippen LogP contribution < -0.4 is 5.32 Å². The molecule has 0 aliphatic heterocycles. The SMILES string of the molecule is O=C(Cc1ccc2ncoc2c1)NCCc1cccc(Cl)c1. The summed E-state index contributed by atoms with van der Waals surface area (Å²) in [6.45, 7) is 0.587. The van der Waals surface area contributed by atoms with Crippen LogP contribution in [0.3, 0.4) is 0 Å². The Bertz CT molecular complexity index is 798. The highest BCUT2D eigenvalue weighted by Gasteiger charge is 2.06. The van der Waals surface area contributed by atoms with Crippen molar-refractivity contribution < 1.29 is 9.21 Å². The quantitative estimate of drug-likeness (QED) is 0.785. The van der Waals surface area contributed by atoms with E-state index in [-0.39, 0.29) is 5.91 Å². The summed E-state index contributed by atoms with van der Waals surface area (Å²) in [6, 6.07) is 13.2. The van der Waals surface area contributed by atoms with Gasteiger partial charge in [-0.15, -0.1) is 0 Å². The Labute approximate surface area is 133 Å². The minimum Gasteiger partial charge on any atom is -0.443 e. The first kappa shape index (κ1) is 14.6. The summed E-state index contributed by atoms with van der Waals surface area (Å²) in [5.41, 5.74) is 3.51. The average molecular weight is 315 g/mol. The molecule has 0 atom stereocenters. The zero-order chi connectivity index (χ0) is 15.4. The smallest absolute Gasteiger partial charge is 0.224 e. The number of fused-ring (bicyclic) bond motifs is 1. The molecule has 0 unspecified atom stereocenters. The fourth-order valence-corrected chi connectivity index (χ4v) is 2.51. The lowest BCUT2D eigenvalue weighted by Gasteiger charge is -2.06. The van der Waals surface area contributed by atoms with E-state index in [1.54, 1.807) is 0 Å². The van der Waals surface area contributed by atoms with E-state index in [2.05, 4.69) is 10.3 Å². The molecule has 1 amide bonds. The number of halogens is 1. The van der Waals surface area contributed by atoms with Crippen molar-refractivity contribution in [2.24, 2.45) is 0 Å². The highest BCUT2D eigenvalue weighted by atomic mass is 35.5. The van der Waals surface area contributed by atoms with Crippen molar-refractivity contribution >= 4 is 28.6 Å². The lowest BCUT2D eigenvalue weighted by molar-refractivity contribution is -0.120. The average Bonchev–Trinajstić information content (AvgIpc) is 2.95. The summed E-state index contributed by atoms with van der Waals surface area (Å²) >= 11 is 5.93. The third kappa shape index (κ3) is 3.65. The molecule has 5 heteroatoms. The maximum absolute atomic E-state index is 12.0.